The van der Waals surface area contributed by atoms with Gasteiger partial charge in [0, 0.05) is 26.6 Å². The van der Waals surface area contributed by atoms with Gasteiger partial charge in [-0.1, -0.05) is 60.7 Å². The van der Waals surface area contributed by atoms with Gasteiger partial charge in [0.15, 0.2) is 0 Å². The lowest BCUT2D eigenvalue weighted by Gasteiger charge is -2.39. The van der Waals surface area contributed by atoms with Crippen LogP contribution in [-0.2, 0) is 27.4 Å². The molecule has 30 heavy (non-hydrogen) atoms. The summed E-state index contributed by atoms with van der Waals surface area (Å²) < 4.78 is 5.62. The van der Waals surface area contributed by atoms with E-state index in [-0.39, 0.29) is 18.4 Å². The third-order valence-electron chi connectivity index (χ3n) is 5.75. The largest absolute Gasteiger partial charge is 0.376 e. The van der Waals surface area contributed by atoms with Crippen LogP contribution in [0.1, 0.15) is 17.5 Å². The number of hydrogen-bond acceptors (Lipinski definition) is 4. The number of carbonyl (C=O) groups is 2. The molecule has 2 aliphatic heterocycles. The first kappa shape index (κ1) is 20.3. The molecule has 6 nitrogen and oxygen atoms in total. The summed E-state index contributed by atoms with van der Waals surface area (Å²) >= 11 is 0. The second kappa shape index (κ2) is 8.79. The maximum absolute atomic E-state index is 13.1. The molecule has 0 saturated carbocycles. The highest BCUT2D eigenvalue weighted by atomic mass is 16.5. The van der Waals surface area contributed by atoms with Crippen molar-refractivity contribution < 1.29 is 14.3 Å². The number of nitrogens with zero attached hydrogens (tertiary/aromatic N) is 3. The molecule has 155 valence electrons. The molecule has 0 N–H and O–H groups in total. The number of ether oxygens (including phenoxy) is 1. The van der Waals surface area contributed by atoms with Crippen LogP contribution in [0, 0.1) is 11.8 Å². The Morgan fingerprint density at radius 2 is 1.77 bits per heavy atom. The van der Waals surface area contributed by atoms with Crippen molar-refractivity contribution in [2.75, 3.05) is 26.7 Å². The number of fused-ring (bicyclic) bond motifs is 1. The van der Waals surface area contributed by atoms with Gasteiger partial charge in [0.2, 0.25) is 5.91 Å². The maximum atomic E-state index is 13.1. The Hall–Kier alpha value is -2.99. The van der Waals surface area contributed by atoms with Crippen molar-refractivity contribution in [3.05, 3.63) is 78.2 Å². The van der Waals surface area contributed by atoms with Crippen molar-refractivity contribution >= 4 is 17.5 Å². The second-order valence-corrected chi connectivity index (χ2v) is 7.83. The Bertz CT molecular complexity index is 929. The van der Waals surface area contributed by atoms with Gasteiger partial charge in [0.25, 0.3) is 5.91 Å². The number of rotatable bonds is 7. The highest BCUT2D eigenvalue weighted by Crippen LogP contribution is 2.38. The molecule has 1 atom stereocenters. The Kier molecular flexibility index (Phi) is 5.95. The van der Waals surface area contributed by atoms with Crippen LogP contribution in [0.25, 0.3) is 0 Å². The normalized spacial score (nSPS) is 20.8. The molecule has 2 heterocycles. The van der Waals surface area contributed by atoms with E-state index in [1.54, 1.807) is 18.4 Å². The van der Waals surface area contributed by atoms with Crippen LogP contribution < -0.4 is 0 Å². The van der Waals surface area contributed by atoms with E-state index >= 15 is 0 Å². The number of likely N-dealkylation sites (tertiary alicyclic amines) is 1. The van der Waals surface area contributed by atoms with Gasteiger partial charge in [-0.05, 0) is 17.5 Å². The fourth-order valence-electron chi connectivity index (χ4n) is 4.23. The number of carbonyl (C=O) groups excluding carboxylic acids is 2. The molecule has 2 aromatic rings. The zero-order chi connectivity index (χ0) is 21.0. The second-order valence-electron chi connectivity index (χ2n) is 7.83. The Labute approximate surface area is 177 Å². The summed E-state index contributed by atoms with van der Waals surface area (Å²) in [6.07, 6.45) is 2.71. The standard InChI is InChI=1S/C24H26N3O3/c1-26-23(29)24(16-19-8-4-2-5-9-19)18-27(14-12-21(24)25-26)22(28)13-15-30-17-20-10-6-3-7-11-20/h2-11,13H,12,14-18H2,1H3. The first-order valence-corrected chi connectivity index (χ1v) is 10.2. The molecule has 2 aromatic carbocycles. The van der Waals surface area contributed by atoms with E-state index in [2.05, 4.69) is 5.10 Å². The molecule has 1 radical (unpaired) electrons. The molecular formula is C24H26N3O3. The number of hydrazone groups is 1. The molecule has 2 amide bonds. The third kappa shape index (κ3) is 4.14. The van der Waals surface area contributed by atoms with E-state index < -0.39 is 5.41 Å². The van der Waals surface area contributed by atoms with E-state index in [1.165, 1.54) is 5.01 Å². The van der Waals surface area contributed by atoms with Crippen molar-refractivity contribution in [3.63, 3.8) is 0 Å². The highest BCUT2D eigenvalue weighted by Gasteiger charge is 2.53. The van der Waals surface area contributed by atoms with Crippen molar-refractivity contribution in [3.8, 4) is 0 Å². The topological polar surface area (TPSA) is 62.2 Å². The van der Waals surface area contributed by atoms with Crippen molar-refractivity contribution in [1.82, 2.24) is 9.91 Å². The molecule has 4 rings (SSSR count). The lowest BCUT2D eigenvalue weighted by atomic mass is 9.73. The first-order valence-electron chi connectivity index (χ1n) is 10.2. The Morgan fingerprint density at radius 1 is 1.10 bits per heavy atom. The van der Waals surface area contributed by atoms with Gasteiger partial charge in [0.05, 0.1) is 25.3 Å². The van der Waals surface area contributed by atoms with Gasteiger partial charge in [0.1, 0.15) is 5.41 Å². The van der Waals surface area contributed by atoms with Gasteiger partial charge in [-0.15, -0.1) is 0 Å². The van der Waals surface area contributed by atoms with Crippen LogP contribution in [0.3, 0.4) is 0 Å². The smallest absolute Gasteiger partial charge is 0.256 e. The van der Waals surface area contributed by atoms with Crippen LogP contribution in [-0.4, -0.2) is 54.2 Å². The van der Waals surface area contributed by atoms with Crippen molar-refractivity contribution in [2.45, 2.75) is 19.4 Å². The summed E-state index contributed by atoms with van der Waals surface area (Å²) in [5, 5.41) is 5.92. The van der Waals surface area contributed by atoms with E-state index in [0.717, 1.165) is 16.8 Å². The molecule has 2 aliphatic rings. The average Bonchev–Trinajstić information content (AvgIpc) is 3.02. The Morgan fingerprint density at radius 3 is 2.47 bits per heavy atom. The van der Waals surface area contributed by atoms with Gasteiger partial charge in [-0.25, -0.2) is 5.01 Å². The summed E-state index contributed by atoms with van der Waals surface area (Å²) in [6.45, 7) is 1.61. The van der Waals surface area contributed by atoms with E-state index in [9.17, 15) is 9.59 Å². The third-order valence-corrected chi connectivity index (χ3v) is 5.75. The molecule has 1 saturated heterocycles. The monoisotopic (exact) mass is 404 g/mol. The predicted octanol–water partition coefficient (Wildman–Crippen LogP) is 2.70. The van der Waals surface area contributed by atoms with Crippen molar-refractivity contribution in [2.24, 2.45) is 10.5 Å². The molecule has 1 fully saturated rings. The minimum absolute atomic E-state index is 0.0424. The number of benzene rings is 2. The maximum Gasteiger partial charge on any atom is 0.256 e. The molecule has 6 heteroatoms. The summed E-state index contributed by atoms with van der Waals surface area (Å²) in [5.74, 6) is -0.143. The minimum atomic E-state index is -0.775. The SMILES string of the molecule is CN1N=C2CCN(C(=O)[CH]COCc3ccccc3)CC2(Cc2ccccc2)C1=O. The molecule has 0 spiro atoms. The predicted molar refractivity (Wildman–Crippen MR) is 114 cm³/mol. The van der Waals surface area contributed by atoms with Gasteiger partial charge in [-0.2, -0.15) is 5.10 Å². The molecule has 0 aromatic heterocycles. The number of piperidine rings is 1. The average molecular weight is 404 g/mol. The molecule has 1 unspecified atom stereocenters. The van der Waals surface area contributed by atoms with Crippen LogP contribution in [0.4, 0.5) is 0 Å². The van der Waals surface area contributed by atoms with E-state index in [4.69, 9.17) is 4.74 Å². The number of amides is 2. The lowest BCUT2D eigenvalue weighted by molar-refractivity contribution is -0.138. The zero-order valence-electron chi connectivity index (χ0n) is 17.2. The summed E-state index contributed by atoms with van der Waals surface area (Å²) in [6, 6.07) is 19.8. The summed E-state index contributed by atoms with van der Waals surface area (Å²) in [5.41, 5.74) is 2.24. The highest BCUT2D eigenvalue weighted by molar-refractivity contribution is 6.13. The van der Waals surface area contributed by atoms with E-state index in [0.29, 0.717) is 32.5 Å². The van der Waals surface area contributed by atoms with E-state index in [1.807, 2.05) is 60.7 Å². The zero-order valence-corrected chi connectivity index (χ0v) is 17.2. The molecule has 0 aliphatic carbocycles. The van der Waals surface area contributed by atoms with Crippen LogP contribution in [0.5, 0.6) is 0 Å². The first-order chi connectivity index (χ1) is 14.6. The van der Waals surface area contributed by atoms with Gasteiger partial charge in [-0.3, -0.25) is 9.59 Å². The van der Waals surface area contributed by atoms with Crippen molar-refractivity contribution in [1.29, 1.82) is 0 Å². The molecule has 0 bridgehead atoms. The number of hydrogen-bond donors (Lipinski definition) is 0. The quantitative estimate of drug-likeness (QED) is 0.667. The lowest BCUT2D eigenvalue weighted by Crippen LogP contribution is -2.55. The minimum Gasteiger partial charge on any atom is -0.376 e. The van der Waals surface area contributed by atoms with Crippen LogP contribution in [0.2, 0.25) is 0 Å². The Balaban J connectivity index is 1.40. The molecular weight excluding hydrogens is 378 g/mol. The summed E-state index contributed by atoms with van der Waals surface area (Å²) in [7, 11) is 1.69. The fraction of sp³-hybridized carbons (Fsp3) is 0.333. The van der Waals surface area contributed by atoms with Crippen LogP contribution in [0.15, 0.2) is 65.8 Å². The van der Waals surface area contributed by atoms with Gasteiger partial charge >= 0.3 is 0 Å². The van der Waals surface area contributed by atoms with Crippen LogP contribution >= 0.6 is 0 Å². The fourth-order valence-corrected chi connectivity index (χ4v) is 4.23. The summed E-state index contributed by atoms with van der Waals surface area (Å²) in [4.78, 5) is 27.7. The van der Waals surface area contributed by atoms with Gasteiger partial charge < -0.3 is 9.64 Å².